The van der Waals surface area contributed by atoms with E-state index in [-0.39, 0.29) is 17.4 Å². The number of allylic oxidation sites excluding steroid dienone is 2. The molecule has 0 radical (unpaired) electrons. The van der Waals surface area contributed by atoms with Crippen molar-refractivity contribution in [2.75, 3.05) is 0 Å². The van der Waals surface area contributed by atoms with Gasteiger partial charge in [-0.05, 0) is 62.2 Å². The van der Waals surface area contributed by atoms with E-state index < -0.39 is 0 Å². The van der Waals surface area contributed by atoms with Crippen molar-refractivity contribution >= 4 is 5.78 Å². The molecule has 4 rings (SSSR count). The molecule has 4 aliphatic carbocycles. The Morgan fingerprint density at radius 2 is 2.00 bits per heavy atom. The summed E-state index contributed by atoms with van der Waals surface area (Å²) in [6.45, 7) is 4.61. The molecule has 6 atom stereocenters. The van der Waals surface area contributed by atoms with Gasteiger partial charge >= 0.3 is 0 Å². The Morgan fingerprint density at radius 1 is 1.19 bits per heavy atom. The van der Waals surface area contributed by atoms with Crippen molar-refractivity contribution in [2.45, 2.75) is 71.3 Å². The molecule has 0 aromatic heterocycles. The Bertz CT molecular complexity index is 508. The molecule has 116 valence electrons. The predicted molar refractivity (Wildman–Crippen MR) is 82.7 cm³/mol. The highest BCUT2D eigenvalue weighted by molar-refractivity contribution is 5.88. The Kier molecular flexibility index (Phi) is 2.96. The number of carbonyl (C=O) groups excluding carboxylic acids is 1. The van der Waals surface area contributed by atoms with Crippen LogP contribution in [-0.2, 0) is 4.79 Å². The van der Waals surface area contributed by atoms with Gasteiger partial charge in [-0.1, -0.05) is 25.5 Å². The van der Waals surface area contributed by atoms with Crippen molar-refractivity contribution in [1.29, 1.82) is 0 Å². The third kappa shape index (κ3) is 1.72. The lowest BCUT2D eigenvalue weighted by atomic mass is 9.47. The molecule has 0 saturated heterocycles. The highest BCUT2D eigenvalue weighted by atomic mass is 16.3. The molecule has 3 saturated carbocycles. The van der Waals surface area contributed by atoms with Crippen LogP contribution in [0.5, 0.6) is 0 Å². The highest BCUT2D eigenvalue weighted by Crippen LogP contribution is 2.64. The van der Waals surface area contributed by atoms with Gasteiger partial charge in [0.15, 0.2) is 0 Å². The van der Waals surface area contributed by atoms with E-state index in [4.69, 9.17) is 0 Å². The standard InChI is InChI=1S/C19H28O2/c1-18-9-4-3-5-12(18)6-7-13-14(18)8-10-19(2)16(21)11-15(20)17(13)19/h5,13-15,17,20H,3-4,6-11H2,1-2H3/t13-,14+,15?,17-,18+,19-/m1/s1. The van der Waals surface area contributed by atoms with E-state index in [1.54, 1.807) is 5.57 Å². The summed E-state index contributed by atoms with van der Waals surface area (Å²) in [7, 11) is 0. The minimum atomic E-state index is -0.381. The van der Waals surface area contributed by atoms with Crippen LogP contribution in [-0.4, -0.2) is 17.0 Å². The molecule has 2 heteroatoms. The van der Waals surface area contributed by atoms with Gasteiger partial charge in [-0.25, -0.2) is 0 Å². The number of hydrogen-bond donors (Lipinski definition) is 1. The summed E-state index contributed by atoms with van der Waals surface area (Å²) < 4.78 is 0. The van der Waals surface area contributed by atoms with Gasteiger partial charge in [-0.2, -0.15) is 0 Å². The quantitative estimate of drug-likeness (QED) is 0.687. The van der Waals surface area contributed by atoms with Gasteiger partial charge in [0.1, 0.15) is 5.78 Å². The van der Waals surface area contributed by atoms with Crippen LogP contribution in [0.15, 0.2) is 11.6 Å². The molecule has 21 heavy (non-hydrogen) atoms. The molecule has 1 N–H and O–H groups in total. The zero-order valence-electron chi connectivity index (χ0n) is 13.4. The van der Waals surface area contributed by atoms with Crippen LogP contribution < -0.4 is 0 Å². The van der Waals surface area contributed by atoms with Gasteiger partial charge in [0.25, 0.3) is 0 Å². The Labute approximate surface area is 128 Å². The lowest BCUT2D eigenvalue weighted by Gasteiger charge is -2.57. The SMILES string of the molecule is C[C@]12CCCC=C1CC[C@@H]1[C@@H]2CC[C@]2(C)C(=O)CC(O)[C@@H]12. The number of ketones is 1. The molecule has 2 nitrogen and oxygen atoms in total. The molecular formula is C19H28O2. The normalized spacial score (nSPS) is 52.7. The van der Waals surface area contributed by atoms with Crippen LogP contribution in [0.1, 0.15) is 65.2 Å². The molecule has 3 fully saturated rings. The van der Waals surface area contributed by atoms with Crippen molar-refractivity contribution in [3.63, 3.8) is 0 Å². The number of carbonyl (C=O) groups is 1. The first-order valence-electron chi connectivity index (χ1n) is 8.88. The number of fused-ring (bicyclic) bond motifs is 5. The van der Waals surface area contributed by atoms with Crippen LogP contribution in [0, 0.1) is 28.6 Å². The highest BCUT2D eigenvalue weighted by Gasteiger charge is 2.61. The maximum Gasteiger partial charge on any atom is 0.141 e. The van der Waals surface area contributed by atoms with Crippen molar-refractivity contribution in [2.24, 2.45) is 28.6 Å². The van der Waals surface area contributed by atoms with E-state index in [0.717, 1.165) is 6.42 Å². The maximum absolute atomic E-state index is 12.4. The summed E-state index contributed by atoms with van der Waals surface area (Å²) in [4.78, 5) is 12.4. The number of aliphatic hydroxyl groups excluding tert-OH is 1. The second kappa shape index (κ2) is 4.44. The smallest absolute Gasteiger partial charge is 0.141 e. The van der Waals surface area contributed by atoms with E-state index in [1.807, 2.05) is 0 Å². The Morgan fingerprint density at radius 3 is 2.81 bits per heavy atom. The summed E-state index contributed by atoms with van der Waals surface area (Å²) in [5.41, 5.74) is 1.82. The first kappa shape index (κ1) is 14.0. The minimum absolute atomic E-state index is 0.226. The summed E-state index contributed by atoms with van der Waals surface area (Å²) in [6.07, 6.45) is 11.0. The van der Waals surface area contributed by atoms with E-state index in [2.05, 4.69) is 19.9 Å². The fourth-order valence-corrected chi connectivity index (χ4v) is 6.59. The maximum atomic E-state index is 12.4. The molecule has 1 unspecified atom stereocenters. The number of Topliss-reactive ketones (excluding diaryl/α,β-unsaturated/α-hetero) is 1. The molecule has 4 aliphatic rings. The Hall–Kier alpha value is -0.630. The van der Waals surface area contributed by atoms with Gasteiger partial charge in [-0.15, -0.1) is 0 Å². The van der Waals surface area contributed by atoms with Gasteiger partial charge in [0, 0.05) is 17.8 Å². The third-order valence-corrected chi connectivity index (χ3v) is 7.72. The summed E-state index contributed by atoms with van der Waals surface area (Å²) in [6, 6.07) is 0. The fourth-order valence-electron chi connectivity index (χ4n) is 6.59. The second-order valence-corrected chi connectivity index (χ2v) is 8.52. The molecule has 0 spiro atoms. The average molecular weight is 288 g/mol. The molecule has 0 amide bonds. The van der Waals surface area contributed by atoms with Crippen LogP contribution in [0.2, 0.25) is 0 Å². The summed E-state index contributed by atoms with van der Waals surface area (Å²) in [5.74, 6) is 1.81. The molecule has 0 bridgehead atoms. The topological polar surface area (TPSA) is 37.3 Å². The van der Waals surface area contributed by atoms with Crippen molar-refractivity contribution in [3.05, 3.63) is 11.6 Å². The predicted octanol–water partition coefficient (Wildman–Crippen LogP) is 3.88. The van der Waals surface area contributed by atoms with Crippen molar-refractivity contribution in [3.8, 4) is 0 Å². The number of rotatable bonds is 0. The van der Waals surface area contributed by atoms with Crippen LogP contribution >= 0.6 is 0 Å². The first-order chi connectivity index (χ1) is 9.97. The third-order valence-electron chi connectivity index (χ3n) is 7.72. The van der Waals surface area contributed by atoms with Crippen LogP contribution in [0.4, 0.5) is 0 Å². The van der Waals surface area contributed by atoms with Gasteiger partial charge < -0.3 is 5.11 Å². The molecule has 0 aromatic rings. The van der Waals surface area contributed by atoms with Crippen LogP contribution in [0.25, 0.3) is 0 Å². The Balaban J connectivity index is 1.72. The van der Waals surface area contributed by atoms with Gasteiger partial charge in [-0.3, -0.25) is 4.79 Å². The largest absolute Gasteiger partial charge is 0.392 e. The molecular weight excluding hydrogens is 260 g/mol. The van der Waals surface area contributed by atoms with Crippen LogP contribution in [0.3, 0.4) is 0 Å². The second-order valence-electron chi connectivity index (χ2n) is 8.52. The van der Waals surface area contributed by atoms with E-state index in [9.17, 15) is 9.90 Å². The molecule has 0 heterocycles. The number of aliphatic hydroxyl groups is 1. The zero-order valence-corrected chi connectivity index (χ0v) is 13.4. The molecule has 0 aromatic carbocycles. The van der Waals surface area contributed by atoms with Crippen molar-refractivity contribution in [1.82, 2.24) is 0 Å². The summed E-state index contributed by atoms with van der Waals surface area (Å²) in [5, 5.41) is 10.5. The first-order valence-corrected chi connectivity index (χ1v) is 8.88. The lowest BCUT2D eigenvalue weighted by Crippen LogP contribution is -2.52. The molecule has 0 aliphatic heterocycles. The zero-order chi connectivity index (χ0) is 14.8. The monoisotopic (exact) mass is 288 g/mol. The van der Waals surface area contributed by atoms with Gasteiger partial charge in [0.2, 0.25) is 0 Å². The van der Waals surface area contributed by atoms with E-state index in [0.29, 0.717) is 29.5 Å². The average Bonchev–Trinajstić information content (AvgIpc) is 2.68. The summed E-state index contributed by atoms with van der Waals surface area (Å²) >= 11 is 0. The lowest BCUT2D eigenvalue weighted by molar-refractivity contribution is -0.133. The van der Waals surface area contributed by atoms with E-state index in [1.165, 1.54) is 38.5 Å². The fraction of sp³-hybridized carbons (Fsp3) is 0.842. The van der Waals surface area contributed by atoms with E-state index >= 15 is 0 Å². The van der Waals surface area contributed by atoms with Crippen molar-refractivity contribution < 1.29 is 9.90 Å². The minimum Gasteiger partial charge on any atom is -0.392 e. The number of hydrogen-bond acceptors (Lipinski definition) is 2. The van der Waals surface area contributed by atoms with Gasteiger partial charge in [0.05, 0.1) is 6.10 Å².